The number of rotatable bonds is 4. The number of thiocarbonyl (C=S) groups is 1. The van der Waals surface area contributed by atoms with Gasteiger partial charge in [0, 0.05) is 5.54 Å². The summed E-state index contributed by atoms with van der Waals surface area (Å²) in [6.45, 7) is 7.47. The number of thioether (sulfide) groups is 2. The lowest BCUT2D eigenvalue weighted by molar-refractivity contribution is 0.0918. The molecule has 1 heterocycles. The van der Waals surface area contributed by atoms with Gasteiger partial charge in [-0.05, 0) is 57.8 Å². The van der Waals surface area contributed by atoms with E-state index in [1.807, 2.05) is 27.7 Å². The Morgan fingerprint density at radius 2 is 2.00 bits per heavy atom. The monoisotopic (exact) mass is 364 g/mol. The molecule has 9 heteroatoms. The second-order valence-corrected chi connectivity index (χ2v) is 9.10. The van der Waals surface area contributed by atoms with Gasteiger partial charge in [-0.2, -0.15) is 5.10 Å². The molecule has 22 heavy (non-hydrogen) atoms. The molecule has 1 aliphatic rings. The van der Waals surface area contributed by atoms with Crippen molar-refractivity contribution in [1.82, 2.24) is 10.3 Å². The number of hydrogen-bond donors (Lipinski definition) is 3. The summed E-state index contributed by atoms with van der Waals surface area (Å²) in [5, 5.41) is 14.0. The molecule has 0 bridgehead atoms. The van der Waals surface area contributed by atoms with Crippen molar-refractivity contribution in [3.8, 4) is 0 Å². The van der Waals surface area contributed by atoms with Gasteiger partial charge in [0.2, 0.25) is 0 Å². The summed E-state index contributed by atoms with van der Waals surface area (Å²) in [5.74, 6) is 2.08. The second-order valence-electron chi connectivity index (χ2n) is 5.94. The van der Waals surface area contributed by atoms with Crippen LogP contribution in [-0.4, -0.2) is 54.6 Å². The summed E-state index contributed by atoms with van der Waals surface area (Å²) >= 11 is 8.37. The van der Waals surface area contributed by atoms with Gasteiger partial charge in [0.1, 0.15) is 0 Å². The van der Waals surface area contributed by atoms with Crippen molar-refractivity contribution >= 4 is 52.7 Å². The van der Waals surface area contributed by atoms with E-state index in [0.717, 1.165) is 23.6 Å². The summed E-state index contributed by atoms with van der Waals surface area (Å²) in [7, 11) is 0. The van der Waals surface area contributed by atoms with Crippen LogP contribution in [0.15, 0.2) is 5.10 Å². The predicted octanol–water partition coefficient (Wildman–Crippen LogP) is 2.54. The zero-order chi connectivity index (χ0) is 16.9. The number of nitrogens with zero attached hydrogens (tertiary/aromatic N) is 2. The maximum atomic E-state index is 11.7. The summed E-state index contributed by atoms with van der Waals surface area (Å²) in [4.78, 5) is 13.1. The standard InChI is InChI=1S/C13H24N4O2S3/c1-8(17(12(18)19)13(2,3)4)9(15-16-11(14)20)10-21-6-5-7-22-10/h8,10H,5-7H2,1-4H3,(H,18,19)(H3,14,16,20). The molecule has 0 radical (unpaired) electrons. The van der Waals surface area contributed by atoms with Crippen molar-refractivity contribution in [1.29, 1.82) is 0 Å². The molecule has 1 amide bonds. The minimum Gasteiger partial charge on any atom is -0.465 e. The van der Waals surface area contributed by atoms with Crippen LogP contribution in [-0.2, 0) is 0 Å². The van der Waals surface area contributed by atoms with Crippen molar-refractivity contribution in [2.24, 2.45) is 10.8 Å². The Kier molecular flexibility index (Phi) is 7.27. The van der Waals surface area contributed by atoms with Gasteiger partial charge in [0.05, 0.1) is 16.3 Å². The molecule has 0 saturated carbocycles. The number of amides is 1. The number of carbonyl (C=O) groups is 1. The van der Waals surface area contributed by atoms with Gasteiger partial charge in [-0.1, -0.05) is 0 Å². The number of hydrogen-bond acceptors (Lipinski definition) is 5. The third kappa shape index (κ3) is 5.51. The van der Waals surface area contributed by atoms with E-state index in [-0.39, 0.29) is 15.7 Å². The fraction of sp³-hybridized carbons (Fsp3) is 0.769. The molecule has 0 aromatic rings. The van der Waals surface area contributed by atoms with Crippen LogP contribution in [0.4, 0.5) is 4.79 Å². The molecular formula is C13H24N4O2S3. The van der Waals surface area contributed by atoms with Crippen LogP contribution in [0.5, 0.6) is 0 Å². The first kappa shape index (κ1) is 19.4. The fourth-order valence-electron chi connectivity index (χ4n) is 2.29. The first-order chi connectivity index (χ1) is 10.1. The first-order valence-corrected chi connectivity index (χ1v) is 9.53. The molecular weight excluding hydrogens is 340 g/mol. The van der Waals surface area contributed by atoms with E-state index in [1.54, 1.807) is 23.5 Å². The van der Waals surface area contributed by atoms with Crippen LogP contribution in [0.1, 0.15) is 34.1 Å². The average Bonchev–Trinajstić information content (AvgIpc) is 2.37. The van der Waals surface area contributed by atoms with Gasteiger partial charge in [-0.3, -0.25) is 10.3 Å². The van der Waals surface area contributed by atoms with Crippen molar-refractivity contribution in [2.45, 2.75) is 50.3 Å². The Morgan fingerprint density at radius 3 is 2.41 bits per heavy atom. The van der Waals surface area contributed by atoms with Crippen molar-refractivity contribution < 1.29 is 9.90 Å². The highest BCUT2D eigenvalue weighted by Gasteiger charge is 2.37. The number of nitrogens with one attached hydrogen (secondary N) is 1. The van der Waals surface area contributed by atoms with Gasteiger partial charge in [0.25, 0.3) is 0 Å². The van der Waals surface area contributed by atoms with E-state index in [0.29, 0.717) is 0 Å². The van der Waals surface area contributed by atoms with Gasteiger partial charge in [-0.15, -0.1) is 23.5 Å². The van der Waals surface area contributed by atoms with Gasteiger partial charge >= 0.3 is 6.09 Å². The topological polar surface area (TPSA) is 91.0 Å². The third-order valence-corrected chi connectivity index (χ3v) is 6.15. The van der Waals surface area contributed by atoms with Gasteiger partial charge < -0.3 is 10.8 Å². The quantitative estimate of drug-likeness (QED) is 0.401. The van der Waals surface area contributed by atoms with Gasteiger partial charge in [0.15, 0.2) is 5.11 Å². The average molecular weight is 365 g/mol. The van der Waals surface area contributed by atoms with E-state index in [2.05, 4.69) is 10.5 Å². The summed E-state index contributed by atoms with van der Waals surface area (Å²) in [5.41, 5.74) is 8.30. The van der Waals surface area contributed by atoms with Crippen LogP contribution < -0.4 is 11.2 Å². The highest BCUT2D eigenvalue weighted by atomic mass is 32.2. The molecule has 0 aromatic heterocycles. The lowest BCUT2D eigenvalue weighted by atomic mass is 10.0. The van der Waals surface area contributed by atoms with E-state index in [4.69, 9.17) is 18.0 Å². The molecule has 4 N–H and O–H groups in total. The fourth-order valence-corrected chi connectivity index (χ4v) is 5.37. The van der Waals surface area contributed by atoms with Crippen molar-refractivity contribution in [2.75, 3.05) is 11.5 Å². The summed E-state index contributed by atoms with van der Waals surface area (Å²) in [6.07, 6.45) is 0.187. The lowest BCUT2D eigenvalue weighted by Gasteiger charge is -2.40. The maximum absolute atomic E-state index is 11.7. The van der Waals surface area contributed by atoms with Crippen LogP contribution in [0.2, 0.25) is 0 Å². The molecule has 1 unspecified atom stereocenters. The van der Waals surface area contributed by atoms with Gasteiger partial charge in [-0.25, -0.2) is 4.79 Å². The minimum atomic E-state index is -0.964. The SMILES string of the molecule is CC(C(=NNC(N)=S)C1SCCCS1)N(C(=O)O)C(C)(C)C. The van der Waals surface area contributed by atoms with Crippen LogP contribution >= 0.6 is 35.7 Å². The summed E-state index contributed by atoms with van der Waals surface area (Å²) in [6, 6.07) is -0.373. The number of carboxylic acid groups (broad SMARTS) is 1. The maximum Gasteiger partial charge on any atom is 0.408 e. The molecule has 1 aliphatic heterocycles. The van der Waals surface area contributed by atoms with E-state index >= 15 is 0 Å². The highest BCUT2D eigenvalue weighted by molar-refractivity contribution is 8.18. The molecule has 1 rings (SSSR count). The van der Waals surface area contributed by atoms with Crippen molar-refractivity contribution in [3.05, 3.63) is 0 Å². The van der Waals surface area contributed by atoms with Crippen molar-refractivity contribution in [3.63, 3.8) is 0 Å². The van der Waals surface area contributed by atoms with E-state index in [9.17, 15) is 9.90 Å². The molecule has 6 nitrogen and oxygen atoms in total. The smallest absolute Gasteiger partial charge is 0.408 e. The van der Waals surface area contributed by atoms with E-state index in [1.165, 1.54) is 4.90 Å². The Labute approximate surface area is 145 Å². The zero-order valence-corrected chi connectivity index (χ0v) is 15.8. The first-order valence-electron chi connectivity index (χ1n) is 7.03. The molecule has 1 atom stereocenters. The molecule has 0 aromatic carbocycles. The number of hydrazone groups is 1. The third-order valence-electron chi connectivity index (χ3n) is 3.11. The predicted molar refractivity (Wildman–Crippen MR) is 99.8 cm³/mol. The Hall–Kier alpha value is -0.670. The largest absolute Gasteiger partial charge is 0.465 e. The Balaban J connectivity index is 3.09. The number of nitrogens with two attached hydrogens (primary N) is 1. The van der Waals surface area contributed by atoms with E-state index < -0.39 is 11.6 Å². The molecule has 1 saturated heterocycles. The van der Waals surface area contributed by atoms with Crippen LogP contribution in [0.25, 0.3) is 0 Å². The van der Waals surface area contributed by atoms with Crippen LogP contribution in [0.3, 0.4) is 0 Å². The highest BCUT2D eigenvalue weighted by Crippen LogP contribution is 2.34. The van der Waals surface area contributed by atoms with Crippen LogP contribution in [0, 0.1) is 0 Å². The lowest BCUT2D eigenvalue weighted by Crippen LogP contribution is -2.55. The normalized spacial score (nSPS) is 18.6. The molecule has 1 fully saturated rings. The minimum absolute atomic E-state index is 0.0770. The molecule has 126 valence electrons. The summed E-state index contributed by atoms with van der Waals surface area (Å²) < 4.78 is 0.106. The molecule has 0 spiro atoms. The Bertz CT molecular complexity index is 445. The second kappa shape index (κ2) is 8.26. The zero-order valence-electron chi connectivity index (χ0n) is 13.3. The Morgan fingerprint density at radius 1 is 1.45 bits per heavy atom. The molecule has 0 aliphatic carbocycles.